The fourth-order valence-electron chi connectivity index (χ4n) is 2.16. The monoisotopic (exact) mass is 328 g/mol. The standard InChI is InChI=1S/C15H20O8/c1-18-8-7-9(19-2)12(20-3)11(14(16)22-5)10(8)13(21-4)15(17)23-6/h7,13H,1-6H3. The van der Waals surface area contributed by atoms with Crippen LogP contribution in [0.5, 0.6) is 17.2 Å². The third-order valence-corrected chi connectivity index (χ3v) is 3.19. The van der Waals surface area contributed by atoms with Crippen molar-refractivity contribution in [3.05, 3.63) is 17.2 Å². The van der Waals surface area contributed by atoms with Crippen molar-refractivity contribution in [3.63, 3.8) is 0 Å². The number of carbonyl (C=O) groups is 2. The van der Waals surface area contributed by atoms with Crippen molar-refractivity contribution >= 4 is 11.9 Å². The minimum atomic E-state index is -1.20. The molecule has 8 heteroatoms. The summed E-state index contributed by atoms with van der Waals surface area (Å²) in [4.78, 5) is 24.3. The lowest BCUT2D eigenvalue weighted by Crippen LogP contribution is -2.21. The molecule has 0 saturated carbocycles. The Bertz CT molecular complexity index is 581. The Morgan fingerprint density at radius 2 is 1.48 bits per heavy atom. The highest BCUT2D eigenvalue weighted by molar-refractivity contribution is 5.98. The maximum Gasteiger partial charge on any atom is 0.342 e. The molecule has 0 aromatic heterocycles. The van der Waals surface area contributed by atoms with Gasteiger partial charge in [0.25, 0.3) is 0 Å². The van der Waals surface area contributed by atoms with Gasteiger partial charge in [-0.1, -0.05) is 0 Å². The number of methoxy groups -OCH3 is 6. The van der Waals surface area contributed by atoms with Gasteiger partial charge in [0.1, 0.15) is 11.3 Å². The SMILES string of the molecule is COC(=O)c1c(OC)c(OC)cc(OC)c1C(OC)C(=O)OC. The number of rotatable bonds is 7. The Balaban J connectivity index is 3.82. The Kier molecular flexibility index (Phi) is 6.65. The van der Waals surface area contributed by atoms with E-state index in [9.17, 15) is 9.59 Å². The van der Waals surface area contributed by atoms with Crippen molar-refractivity contribution in [2.45, 2.75) is 6.10 Å². The van der Waals surface area contributed by atoms with Gasteiger partial charge in [-0.2, -0.15) is 0 Å². The van der Waals surface area contributed by atoms with Crippen LogP contribution < -0.4 is 14.2 Å². The van der Waals surface area contributed by atoms with Crippen LogP contribution in [0, 0.1) is 0 Å². The molecule has 0 radical (unpaired) electrons. The lowest BCUT2D eigenvalue weighted by atomic mass is 9.98. The molecule has 23 heavy (non-hydrogen) atoms. The van der Waals surface area contributed by atoms with E-state index < -0.39 is 18.0 Å². The van der Waals surface area contributed by atoms with Gasteiger partial charge < -0.3 is 28.4 Å². The number of benzene rings is 1. The van der Waals surface area contributed by atoms with E-state index in [1.165, 1.54) is 48.7 Å². The van der Waals surface area contributed by atoms with Gasteiger partial charge in [-0.25, -0.2) is 9.59 Å². The van der Waals surface area contributed by atoms with Gasteiger partial charge in [0.05, 0.1) is 41.1 Å². The maximum atomic E-state index is 12.3. The summed E-state index contributed by atoms with van der Waals surface area (Å²) in [6.45, 7) is 0. The third-order valence-electron chi connectivity index (χ3n) is 3.19. The highest BCUT2D eigenvalue weighted by Crippen LogP contribution is 2.43. The molecule has 0 aliphatic heterocycles. The molecule has 0 spiro atoms. The predicted molar refractivity (Wildman–Crippen MR) is 79.2 cm³/mol. The zero-order valence-corrected chi connectivity index (χ0v) is 13.9. The lowest BCUT2D eigenvalue weighted by molar-refractivity contribution is -0.152. The summed E-state index contributed by atoms with van der Waals surface area (Å²) >= 11 is 0. The molecule has 1 aromatic rings. The van der Waals surface area contributed by atoms with Gasteiger partial charge >= 0.3 is 11.9 Å². The normalized spacial score (nSPS) is 11.4. The number of esters is 2. The zero-order valence-electron chi connectivity index (χ0n) is 13.9. The number of hydrogen-bond donors (Lipinski definition) is 0. The van der Waals surface area contributed by atoms with Crippen LogP contribution in [0.4, 0.5) is 0 Å². The summed E-state index contributed by atoms with van der Waals surface area (Å²) in [5.41, 5.74) is 0.0924. The molecule has 128 valence electrons. The fraction of sp³-hybridized carbons (Fsp3) is 0.467. The van der Waals surface area contributed by atoms with Crippen LogP contribution in [0.15, 0.2) is 6.07 Å². The van der Waals surface area contributed by atoms with E-state index in [1.54, 1.807) is 0 Å². The Labute approximate surface area is 134 Å². The van der Waals surface area contributed by atoms with Crippen molar-refractivity contribution in [1.82, 2.24) is 0 Å². The largest absolute Gasteiger partial charge is 0.496 e. The average molecular weight is 328 g/mol. The number of hydrogen-bond acceptors (Lipinski definition) is 8. The van der Waals surface area contributed by atoms with Crippen LogP contribution in [0.25, 0.3) is 0 Å². The Morgan fingerprint density at radius 3 is 1.87 bits per heavy atom. The Morgan fingerprint density at radius 1 is 0.870 bits per heavy atom. The minimum Gasteiger partial charge on any atom is -0.496 e. The van der Waals surface area contributed by atoms with Crippen LogP contribution in [0.3, 0.4) is 0 Å². The van der Waals surface area contributed by atoms with Gasteiger partial charge in [0.2, 0.25) is 0 Å². The predicted octanol–water partition coefficient (Wildman–Crippen LogP) is 1.36. The molecule has 1 unspecified atom stereocenters. The second kappa shape index (κ2) is 8.23. The van der Waals surface area contributed by atoms with Crippen molar-refractivity contribution < 1.29 is 38.0 Å². The minimum absolute atomic E-state index is 0.0385. The number of carbonyl (C=O) groups excluding carboxylic acids is 2. The van der Waals surface area contributed by atoms with E-state index in [-0.39, 0.29) is 28.4 Å². The first-order valence-electron chi connectivity index (χ1n) is 6.52. The van der Waals surface area contributed by atoms with E-state index >= 15 is 0 Å². The summed E-state index contributed by atoms with van der Waals surface area (Å²) < 4.78 is 30.4. The highest BCUT2D eigenvalue weighted by atomic mass is 16.6. The van der Waals surface area contributed by atoms with Crippen molar-refractivity contribution in [2.75, 3.05) is 42.7 Å². The fourth-order valence-corrected chi connectivity index (χ4v) is 2.16. The van der Waals surface area contributed by atoms with E-state index in [2.05, 4.69) is 0 Å². The topological polar surface area (TPSA) is 89.5 Å². The maximum absolute atomic E-state index is 12.3. The molecule has 1 atom stereocenters. The van der Waals surface area contributed by atoms with Gasteiger partial charge in [0.15, 0.2) is 17.6 Å². The first-order chi connectivity index (χ1) is 11.0. The Hall–Kier alpha value is -2.48. The molecule has 0 fully saturated rings. The molecule has 0 bridgehead atoms. The van der Waals surface area contributed by atoms with Crippen LogP contribution in [0.1, 0.15) is 22.0 Å². The van der Waals surface area contributed by atoms with E-state index in [4.69, 9.17) is 28.4 Å². The van der Waals surface area contributed by atoms with E-state index in [1.807, 2.05) is 0 Å². The molecule has 8 nitrogen and oxygen atoms in total. The van der Waals surface area contributed by atoms with Crippen molar-refractivity contribution in [1.29, 1.82) is 0 Å². The third kappa shape index (κ3) is 3.48. The first-order valence-corrected chi connectivity index (χ1v) is 6.52. The first kappa shape index (κ1) is 18.6. The summed E-state index contributed by atoms with van der Waals surface area (Å²) in [6.07, 6.45) is -1.20. The molecular formula is C15H20O8. The molecule has 0 aliphatic rings. The smallest absolute Gasteiger partial charge is 0.342 e. The molecular weight excluding hydrogens is 308 g/mol. The summed E-state index contributed by atoms with van der Waals surface area (Å²) in [5, 5.41) is 0. The van der Waals surface area contributed by atoms with Crippen molar-refractivity contribution in [2.24, 2.45) is 0 Å². The molecule has 0 amide bonds. The molecule has 1 rings (SSSR count). The quantitative estimate of drug-likeness (QED) is 0.693. The van der Waals surface area contributed by atoms with Gasteiger partial charge in [-0.3, -0.25) is 0 Å². The molecule has 0 saturated heterocycles. The summed E-state index contributed by atoms with van der Waals surface area (Å²) in [5.74, 6) is -0.905. The molecule has 0 heterocycles. The van der Waals surface area contributed by atoms with Gasteiger partial charge in [-0.15, -0.1) is 0 Å². The summed E-state index contributed by atoms with van der Waals surface area (Å²) in [7, 11) is 7.87. The van der Waals surface area contributed by atoms with E-state index in [0.717, 1.165) is 0 Å². The van der Waals surface area contributed by atoms with Gasteiger partial charge in [0, 0.05) is 13.2 Å². The number of ether oxygens (including phenoxy) is 6. The van der Waals surface area contributed by atoms with Crippen LogP contribution >= 0.6 is 0 Å². The molecule has 1 aromatic carbocycles. The van der Waals surface area contributed by atoms with Crippen molar-refractivity contribution in [3.8, 4) is 17.2 Å². The highest BCUT2D eigenvalue weighted by Gasteiger charge is 2.35. The van der Waals surface area contributed by atoms with Gasteiger partial charge in [-0.05, 0) is 0 Å². The second-order valence-corrected chi connectivity index (χ2v) is 4.23. The lowest BCUT2D eigenvalue weighted by Gasteiger charge is -2.22. The van der Waals surface area contributed by atoms with E-state index in [0.29, 0.717) is 0 Å². The molecule has 0 N–H and O–H groups in total. The zero-order chi connectivity index (χ0) is 17.6. The van der Waals surface area contributed by atoms with Crippen LogP contribution in [0.2, 0.25) is 0 Å². The average Bonchev–Trinajstić information content (AvgIpc) is 2.60. The second-order valence-electron chi connectivity index (χ2n) is 4.23. The van der Waals surface area contributed by atoms with Crippen LogP contribution in [-0.4, -0.2) is 54.6 Å². The van der Waals surface area contributed by atoms with Crippen LogP contribution in [-0.2, 0) is 19.0 Å². The summed E-state index contributed by atoms with van der Waals surface area (Å²) in [6, 6.07) is 1.48. The molecule has 0 aliphatic carbocycles.